The Kier molecular flexibility index (Phi) is 3.62. The summed E-state index contributed by atoms with van der Waals surface area (Å²) in [7, 11) is 0. The fourth-order valence-electron chi connectivity index (χ4n) is 4.55. The molecule has 2 unspecified atom stereocenters. The standard InChI is InChI=1S/C18H26FN/c1-12(2)13-6-8-15-14(11-13)7-9-16-17(20-19)5-4-10-18(15,16)3/h6,8,11-12,16-17,20H,4-5,7,9-10H2,1-3H3/t16?,17?,18-/m1/s1. The molecule has 0 saturated heterocycles. The molecule has 3 rings (SSSR count). The molecule has 0 heterocycles. The Morgan fingerprint density at radius 3 is 2.80 bits per heavy atom. The van der Waals surface area contributed by atoms with Crippen molar-refractivity contribution in [3.8, 4) is 0 Å². The number of aryl methyl sites for hydroxylation is 1. The molecule has 1 saturated carbocycles. The molecule has 0 aromatic heterocycles. The van der Waals surface area contributed by atoms with Crippen LogP contribution in [0.2, 0.25) is 0 Å². The molecule has 1 aromatic rings. The molecule has 2 aliphatic carbocycles. The molecule has 1 fully saturated rings. The average Bonchev–Trinajstić information content (AvgIpc) is 2.45. The lowest BCUT2D eigenvalue weighted by Crippen LogP contribution is -2.50. The summed E-state index contributed by atoms with van der Waals surface area (Å²) >= 11 is 0. The normalized spacial score (nSPS) is 32.9. The SMILES string of the molecule is CC(C)c1ccc2c(c1)CCC1C(NF)CCC[C@]21C. The van der Waals surface area contributed by atoms with E-state index in [2.05, 4.69) is 44.5 Å². The van der Waals surface area contributed by atoms with Crippen LogP contribution in [0.1, 0.15) is 69.1 Å². The Bertz CT molecular complexity index is 496. The van der Waals surface area contributed by atoms with Crippen LogP contribution in [0.4, 0.5) is 4.48 Å². The summed E-state index contributed by atoms with van der Waals surface area (Å²) in [5, 5.41) is 0. The van der Waals surface area contributed by atoms with Crippen molar-refractivity contribution in [2.24, 2.45) is 5.92 Å². The smallest absolute Gasteiger partial charge is 0.0408 e. The highest BCUT2D eigenvalue weighted by molar-refractivity contribution is 5.41. The minimum atomic E-state index is 0.0478. The number of halogens is 1. The fourth-order valence-corrected chi connectivity index (χ4v) is 4.55. The predicted molar refractivity (Wildman–Crippen MR) is 81.6 cm³/mol. The van der Waals surface area contributed by atoms with E-state index < -0.39 is 0 Å². The van der Waals surface area contributed by atoms with Crippen molar-refractivity contribution in [3.05, 3.63) is 34.9 Å². The molecular formula is C18H26FN. The predicted octanol–water partition coefficient (Wildman–Crippen LogP) is 4.66. The molecule has 2 aliphatic rings. The van der Waals surface area contributed by atoms with Crippen molar-refractivity contribution in [2.45, 2.75) is 70.3 Å². The van der Waals surface area contributed by atoms with Gasteiger partial charge in [0, 0.05) is 6.04 Å². The minimum Gasteiger partial charge on any atom is -0.156 e. The minimum absolute atomic E-state index is 0.0478. The van der Waals surface area contributed by atoms with Crippen molar-refractivity contribution in [1.82, 2.24) is 5.54 Å². The molecular weight excluding hydrogens is 249 g/mol. The second-order valence-corrected chi connectivity index (χ2v) is 7.24. The van der Waals surface area contributed by atoms with E-state index >= 15 is 0 Å². The van der Waals surface area contributed by atoms with Crippen LogP contribution in [0, 0.1) is 5.92 Å². The summed E-state index contributed by atoms with van der Waals surface area (Å²) < 4.78 is 13.1. The van der Waals surface area contributed by atoms with Crippen LogP contribution in [0.15, 0.2) is 18.2 Å². The summed E-state index contributed by atoms with van der Waals surface area (Å²) in [4.78, 5) is 0. The van der Waals surface area contributed by atoms with Gasteiger partial charge in [-0.1, -0.05) is 45.4 Å². The quantitative estimate of drug-likeness (QED) is 0.774. The topological polar surface area (TPSA) is 12.0 Å². The average molecular weight is 275 g/mol. The molecule has 0 radical (unpaired) electrons. The summed E-state index contributed by atoms with van der Waals surface area (Å²) in [6.45, 7) is 6.85. The van der Waals surface area contributed by atoms with Gasteiger partial charge in [0.15, 0.2) is 0 Å². The lowest BCUT2D eigenvalue weighted by atomic mass is 9.56. The maximum atomic E-state index is 13.1. The molecule has 3 atom stereocenters. The molecule has 1 nitrogen and oxygen atoms in total. The summed E-state index contributed by atoms with van der Waals surface area (Å²) in [6, 6.07) is 7.06. The Morgan fingerprint density at radius 2 is 2.10 bits per heavy atom. The fraction of sp³-hybridized carbons (Fsp3) is 0.667. The molecule has 1 N–H and O–H groups in total. The lowest BCUT2D eigenvalue weighted by Gasteiger charge is -2.49. The zero-order chi connectivity index (χ0) is 14.3. The lowest BCUT2D eigenvalue weighted by molar-refractivity contribution is 0.0856. The second-order valence-electron chi connectivity index (χ2n) is 7.24. The molecule has 0 bridgehead atoms. The zero-order valence-corrected chi connectivity index (χ0v) is 12.9. The number of nitrogens with one attached hydrogen (secondary N) is 1. The first-order valence-electron chi connectivity index (χ1n) is 8.05. The summed E-state index contributed by atoms with van der Waals surface area (Å²) in [5.74, 6) is 1.02. The monoisotopic (exact) mass is 275 g/mol. The Labute approximate surface area is 121 Å². The highest BCUT2D eigenvalue weighted by Crippen LogP contribution is 2.50. The van der Waals surface area contributed by atoms with E-state index in [9.17, 15) is 4.48 Å². The van der Waals surface area contributed by atoms with Gasteiger partial charge in [-0.15, -0.1) is 4.48 Å². The first-order valence-corrected chi connectivity index (χ1v) is 8.05. The van der Waals surface area contributed by atoms with E-state index in [-0.39, 0.29) is 11.5 Å². The first-order chi connectivity index (χ1) is 9.56. The Hall–Kier alpha value is -0.890. The first kappa shape index (κ1) is 14.1. The van der Waals surface area contributed by atoms with E-state index in [0.717, 1.165) is 25.7 Å². The van der Waals surface area contributed by atoms with Gasteiger partial charge in [-0.3, -0.25) is 0 Å². The Morgan fingerprint density at radius 1 is 1.30 bits per heavy atom. The molecule has 20 heavy (non-hydrogen) atoms. The molecule has 1 aromatic carbocycles. The highest BCUT2D eigenvalue weighted by Gasteiger charge is 2.46. The van der Waals surface area contributed by atoms with Crippen molar-refractivity contribution in [2.75, 3.05) is 0 Å². The van der Waals surface area contributed by atoms with Crippen molar-refractivity contribution < 1.29 is 4.48 Å². The van der Waals surface area contributed by atoms with Gasteiger partial charge in [0.2, 0.25) is 0 Å². The summed E-state index contributed by atoms with van der Waals surface area (Å²) in [5.41, 5.74) is 6.67. The van der Waals surface area contributed by atoms with Gasteiger partial charge >= 0.3 is 0 Å². The maximum Gasteiger partial charge on any atom is 0.0408 e. The third kappa shape index (κ3) is 2.09. The second kappa shape index (κ2) is 5.14. The number of benzene rings is 1. The number of fused-ring (bicyclic) bond motifs is 3. The van der Waals surface area contributed by atoms with Gasteiger partial charge in [0.1, 0.15) is 0 Å². The van der Waals surface area contributed by atoms with Crippen LogP contribution in [-0.4, -0.2) is 6.04 Å². The summed E-state index contributed by atoms with van der Waals surface area (Å²) in [6.07, 6.45) is 5.53. The van der Waals surface area contributed by atoms with Crippen LogP contribution < -0.4 is 5.54 Å². The van der Waals surface area contributed by atoms with E-state index in [1.54, 1.807) is 0 Å². The van der Waals surface area contributed by atoms with E-state index in [4.69, 9.17) is 0 Å². The van der Waals surface area contributed by atoms with Crippen molar-refractivity contribution in [3.63, 3.8) is 0 Å². The van der Waals surface area contributed by atoms with Gasteiger partial charge in [-0.2, -0.15) is 5.54 Å². The van der Waals surface area contributed by atoms with E-state index in [1.807, 2.05) is 0 Å². The van der Waals surface area contributed by atoms with Gasteiger partial charge < -0.3 is 0 Å². The molecule has 2 heteroatoms. The molecule has 0 aliphatic heterocycles. The van der Waals surface area contributed by atoms with Crippen LogP contribution in [0.5, 0.6) is 0 Å². The van der Waals surface area contributed by atoms with E-state index in [0.29, 0.717) is 11.8 Å². The largest absolute Gasteiger partial charge is 0.156 e. The number of hydrogen-bond donors (Lipinski definition) is 1. The Balaban J connectivity index is 2.01. The molecule has 0 spiro atoms. The number of rotatable bonds is 2. The van der Waals surface area contributed by atoms with E-state index in [1.165, 1.54) is 23.1 Å². The van der Waals surface area contributed by atoms with Crippen LogP contribution in [0.25, 0.3) is 0 Å². The van der Waals surface area contributed by atoms with Gasteiger partial charge in [-0.25, -0.2) is 0 Å². The zero-order valence-electron chi connectivity index (χ0n) is 12.9. The number of hydrogen-bond acceptors (Lipinski definition) is 1. The van der Waals surface area contributed by atoms with Gasteiger partial charge in [0.05, 0.1) is 0 Å². The molecule has 0 amide bonds. The van der Waals surface area contributed by atoms with Crippen LogP contribution in [0.3, 0.4) is 0 Å². The third-order valence-corrected chi connectivity index (χ3v) is 5.79. The third-order valence-electron chi connectivity index (χ3n) is 5.79. The highest BCUT2D eigenvalue weighted by atomic mass is 19.2. The van der Waals surface area contributed by atoms with Gasteiger partial charge in [-0.05, 0) is 59.6 Å². The maximum absolute atomic E-state index is 13.1. The van der Waals surface area contributed by atoms with Crippen LogP contribution in [-0.2, 0) is 11.8 Å². The van der Waals surface area contributed by atoms with Gasteiger partial charge in [0.25, 0.3) is 0 Å². The van der Waals surface area contributed by atoms with Crippen molar-refractivity contribution in [1.29, 1.82) is 0 Å². The van der Waals surface area contributed by atoms with Crippen molar-refractivity contribution >= 4 is 0 Å². The molecule has 110 valence electrons. The van der Waals surface area contributed by atoms with Crippen LogP contribution >= 0.6 is 0 Å².